The fourth-order valence-corrected chi connectivity index (χ4v) is 1.78. The van der Waals surface area contributed by atoms with Crippen LogP contribution in [0.15, 0.2) is 24.8 Å². The third-order valence-electron chi connectivity index (χ3n) is 2.89. The van der Waals surface area contributed by atoms with Gasteiger partial charge in [-0.15, -0.1) is 0 Å². The van der Waals surface area contributed by atoms with E-state index in [1.54, 1.807) is 18.6 Å². The van der Waals surface area contributed by atoms with E-state index < -0.39 is 0 Å². The van der Waals surface area contributed by atoms with Crippen LogP contribution >= 0.6 is 0 Å². The number of hydrazine groups is 1. The quantitative estimate of drug-likeness (QED) is 0.598. The minimum atomic E-state index is -0.0534. The normalized spacial score (nSPS) is 12.6. The molecule has 0 fully saturated rings. The zero-order valence-electron chi connectivity index (χ0n) is 10.7. The first-order valence-corrected chi connectivity index (χ1v) is 5.91. The predicted octanol–water partition coefficient (Wildman–Crippen LogP) is 0.656. The molecule has 2 aromatic heterocycles. The number of nitrogens with zero attached hydrogens (tertiary/aromatic N) is 4. The molecular weight excluding hydrogens is 228 g/mol. The summed E-state index contributed by atoms with van der Waals surface area (Å²) in [6, 6.07) is -0.0534. The van der Waals surface area contributed by atoms with Gasteiger partial charge >= 0.3 is 0 Å². The highest BCUT2D eigenvalue weighted by atomic mass is 15.2. The van der Waals surface area contributed by atoms with E-state index in [1.807, 2.05) is 24.7 Å². The molecule has 0 amide bonds. The number of aryl methyl sites for hydroxylation is 3. The van der Waals surface area contributed by atoms with Crippen molar-refractivity contribution in [2.45, 2.75) is 25.8 Å². The van der Waals surface area contributed by atoms with Crippen molar-refractivity contribution in [1.29, 1.82) is 0 Å². The molecule has 0 aromatic carbocycles. The smallest absolute Gasteiger partial charge is 0.146 e. The van der Waals surface area contributed by atoms with Crippen LogP contribution in [0.3, 0.4) is 0 Å². The fourth-order valence-electron chi connectivity index (χ4n) is 1.78. The molecule has 1 unspecified atom stereocenters. The molecule has 0 aliphatic rings. The number of hydrogen-bond donors (Lipinski definition) is 2. The van der Waals surface area contributed by atoms with Crippen molar-refractivity contribution in [3.63, 3.8) is 0 Å². The van der Waals surface area contributed by atoms with Crippen molar-refractivity contribution in [2.24, 2.45) is 12.9 Å². The minimum Gasteiger partial charge on any atom is -0.338 e. The van der Waals surface area contributed by atoms with Gasteiger partial charge < -0.3 is 4.57 Å². The van der Waals surface area contributed by atoms with E-state index in [0.29, 0.717) is 0 Å². The number of aromatic nitrogens is 4. The van der Waals surface area contributed by atoms with Crippen LogP contribution in [0, 0.1) is 6.92 Å². The Morgan fingerprint density at radius 2 is 2.06 bits per heavy atom. The SMILES string of the molecule is Cc1cnc(C(CCc2nccn2C)NN)nc1. The van der Waals surface area contributed by atoms with Crippen LogP contribution in [0.4, 0.5) is 0 Å². The van der Waals surface area contributed by atoms with E-state index in [-0.39, 0.29) is 6.04 Å². The van der Waals surface area contributed by atoms with Crippen LogP contribution in [0.5, 0.6) is 0 Å². The van der Waals surface area contributed by atoms with E-state index in [9.17, 15) is 0 Å². The second-order valence-corrected chi connectivity index (χ2v) is 4.33. The third kappa shape index (κ3) is 2.91. The summed E-state index contributed by atoms with van der Waals surface area (Å²) in [6.07, 6.45) is 8.96. The summed E-state index contributed by atoms with van der Waals surface area (Å²) >= 11 is 0. The van der Waals surface area contributed by atoms with Crippen molar-refractivity contribution < 1.29 is 0 Å². The Labute approximate surface area is 106 Å². The van der Waals surface area contributed by atoms with Crippen molar-refractivity contribution in [2.75, 3.05) is 0 Å². The molecule has 0 aliphatic heterocycles. The lowest BCUT2D eigenvalue weighted by Gasteiger charge is -2.14. The Kier molecular flexibility index (Phi) is 4.01. The molecule has 0 saturated heterocycles. The molecule has 2 aromatic rings. The van der Waals surface area contributed by atoms with Crippen LogP contribution < -0.4 is 11.3 Å². The van der Waals surface area contributed by atoms with Crippen LogP contribution in [0.2, 0.25) is 0 Å². The Bertz CT molecular complexity index is 490. The van der Waals surface area contributed by atoms with E-state index >= 15 is 0 Å². The number of imidazole rings is 1. The van der Waals surface area contributed by atoms with E-state index in [4.69, 9.17) is 5.84 Å². The molecule has 96 valence electrons. The van der Waals surface area contributed by atoms with Crippen molar-refractivity contribution in [3.05, 3.63) is 42.0 Å². The first-order chi connectivity index (χ1) is 8.70. The summed E-state index contributed by atoms with van der Waals surface area (Å²) in [5, 5.41) is 0. The maximum absolute atomic E-state index is 5.56. The van der Waals surface area contributed by atoms with E-state index in [2.05, 4.69) is 20.4 Å². The van der Waals surface area contributed by atoms with E-state index in [1.165, 1.54) is 0 Å². The number of nitrogens with one attached hydrogen (secondary N) is 1. The van der Waals surface area contributed by atoms with Gasteiger partial charge in [-0.1, -0.05) is 0 Å². The standard InChI is InChI=1S/C12H18N6/c1-9-7-15-12(16-8-9)10(17-13)3-4-11-14-5-6-18(11)2/h5-8,10,17H,3-4,13H2,1-2H3. The minimum absolute atomic E-state index is 0.0534. The second kappa shape index (κ2) is 5.70. The maximum Gasteiger partial charge on any atom is 0.146 e. The first kappa shape index (κ1) is 12.7. The van der Waals surface area contributed by atoms with Gasteiger partial charge in [-0.25, -0.2) is 20.4 Å². The summed E-state index contributed by atoms with van der Waals surface area (Å²) in [7, 11) is 1.98. The van der Waals surface area contributed by atoms with Gasteiger partial charge in [0.15, 0.2) is 0 Å². The first-order valence-electron chi connectivity index (χ1n) is 5.91. The lowest BCUT2D eigenvalue weighted by molar-refractivity contribution is 0.482. The predicted molar refractivity (Wildman–Crippen MR) is 68.4 cm³/mol. The zero-order valence-corrected chi connectivity index (χ0v) is 10.7. The largest absolute Gasteiger partial charge is 0.338 e. The molecule has 0 radical (unpaired) electrons. The highest BCUT2D eigenvalue weighted by molar-refractivity contribution is 5.05. The van der Waals surface area contributed by atoms with Crippen LogP contribution in [0.25, 0.3) is 0 Å². The number of nitrogens with two attached hydrogens (primary N) is 1. The average Bonchev–Trinajstić information content (AvgIpc) is 2.78. The monoisotopic (exact) mass is 246 g/mol. The molecule has 2 rings (SSSR count). The zero-order chi connectivity index (χ0) is 13.0. The maximum atomic E-state index is 5.56. The highest BCUT2D eigenvalue weighted by Gasteiger charge is 2.13. The van der Waals surface area contributed by atoms with E-state index in [0.717, 1.165) is 30.1 Å². The number of hydrogen-bond acceptors (Lipinski definition) is 5. The topological polar surface area (TPSA) is 81.7 Å². The summed E-state index contributed by atoms with van der Waals surface area (Å²) in [5.41, 5.74) is 3.80. The molecule has 3 N–H and O–H groups in total. The molecule has 18 heavy (non-hydrogen) atoms. The van der Waals surface area contributed by atoms with Gasteiger partial charge in [0.25, 0.3) is 0 Å². The Hall–Kier alpha value is -1.79. The third-order valence-corrected chi connectivity index (χ3v) is 2.89. The fraction of sp³-hybridized carbons (Fsp3) is 0.417. The molecular formula is C12H18N6. The second-order valence-electron chi connectivity index (χ2n) is 4.33. The summed E-state index contributed by atoms with van der Waals surface area (Å²) in [4.78, 5) is 12.9. The van der Waals surface area contributed by atoms with Crippen LogP contribution in [0.1, 0.15) is 29.7 Å². The summed E-state index contributed by atoms with van der Waals surface area (Å²) in [6.45, 7) is 1.96. The Balaban J connectivity index is 2.01. The summed E-state index contributed by atoms with van der Waals surface area (Å²) in [5.74, 6) is 7.31. The van der Waals surface area contributed by atoms with Gasteiger partial charge in [-0.05, 0) is 18.9 Å². The van der Waals surface area contributed by atoms with Crippen molar-refractivity contribution >= 4 is 0 Å². The average molecular weight is 246 g/mol. The van der Waals surface area contributed by atoms with Gasteiger partial charge in [0.1, 0.15) is 11.6 Å². The molecule has 0 saturated carbocycles. The molecule has 0 spiro atoms. The molecule has 0 aliphatic carbocycles. The van der Waals surface area contributed by atoms with Crippen LogP contribution in [-0.4, -0.2) is 19.5 Å². The molecule has 1 atom stereocenters. The van der Waals surface area contributed by atoms with Gasteiger partial charge in [-0.2, -0.15) is 0 Å². The van der Waals surface area contributed by atoms with Crippen molar-refractivity contribution in [1.82, 2.24) is 24.9 Å². The van der Waals surface area contributed by atoms with Crippen molar-refractivity contribution in [3.8, 4) is 0 Å². The van der Waals surface area contributed by atoms with Gasteiger partial charge in [0, 0.05) is 38.3 Å². The molecule has 6 heteroatoms. The summed E-state index contributed by atoms with van der Waals surface area (Å²) < 4.78 is 2.00. The highest BCUT2D eigenvalue weighted by Crippen LogP contribution is 2.14. The van der Waals surface area contributed by atoms with Gasteiger partial charge in [0.2, 0.25) is 0 Å². The Morgan fingerprint density at radius 1 is 1.33 bits per heavy atom. The van der Waals surface area contributed by atoms with Crippen LogP contribution in [-0.2, 0) is 13.5 Å². The lowest BCUT2D eigenvalue weighted by atomic mass is 10.1. The molecule has 6 nitrogen and oxygen atoms in total. The number of rotatable bonds is 5. The van der Waals surface area contributed by atoms with Gasteiger partial charge in [0.05, 0.1) is 6.04 Å². The molecule has 0 bridgehead atoms. The molecule has 2 heterocycles. The lowest BCUT2D eigenvalue weighted by Crippen LogP contribution is -2.30. The Morgan fingerprint density at radius 3 is 2.61 bits per heavy atom. The van der Waals surface area contributed by atoms with Gasteiger partial charge in [-0.3, -0.25) is 5.84 Å².